The lowest BCUT2D eigenvalue weighted by molar-refractivity contribution is 0.565. The summed E-state index contributed by atoms with van der Waals surface area (Å²) in [5.41, 5.74) is 2.36. The molecular formula is C13H15ClFN3. The van der Waals surface area contributed by atoms with Gasteiger partial charge in [0.2, 0.25) is 0 Å². The standard InChI is InChI=1S/C13H15ClFN3/c1-8-6-12(17-18(8)3)13(16-2)10-5-4-9(14)7-11(10)15/h4-7,13,16H,1-3H3. The van der Waals surface area contributed by atoms with Gasteiger partial charge in [-0.1, -0.05) is 17.7 Å². The molecule has 2 aromatic rings. The molecule has 1 aromatic carbocycles. The maximum atomic E-state index is 13.9. The second-order valence-electron chi connectivity index (χ2n) is 4.22. The van der Waals surface area contributed by atoms with Crippen LogP contribution in [0.1, 0.15) is 23.0 Å². The maximum Gasteiger partial charge on any atom is 0.129 e. The Labute approximate surface area is 111 Å². The van der Waals surface area contributed by atoms with Gasteiger partial charge in [-0.15, -0.1) is 0 Å². The van der Waals surface area contributed by atoms with Crippen LogP contribution in [0.15, 0.2) is 24.3 Å². The highest BCUT2D eigenvalue weighted by atomic mass is 35.5. The van der Waals surface area contributed by atoms with Gasteiger partial charge in [-0.05, 0) is 32.2 Å². The van der Waals surface area contributed by atoms with Crippen molar-refractivity contribution >= 4 is 11.6 Å². The molecule has 2 rings (SSSR count). The van der Waals surface area contributed by atoms with E-state index in [2.05, 4.69) is 10.4 Å². The highest BCUT2D eigenvalue weighted by Gasteiger charge is 2.19. The first-order valence-corrected chi connectivity index (χ1v) is 6.03. The van der Waals surface area contributed by atoms with Gasteiger partial charge in [0, 0.05) is 23.3 Å². The van der Waals surface area contributed by atoms with Gasteiger partial charge >= 0.3 is 0 Å². The highest BCUT2D eigenvalue weighted by molar-refractivity contribution is 6.30. The third kappa shape index (κ3) is 2.40. The fourth-order valence-corrected chi connectivity index (χ4v) is 2.09. The van der Waals surface area contributed by atoms with Crippen LogP contribution >= 0.6 is 11.6 Å². The zero-order valence-corrected chi connectivity index (χ0v) is 11.3. The molecule has 0 aliphatic carbocycles. The van der Waals surface area contributed by atoms with Gasteiger partial charge in [0.15, 0.2) is 0 Å². The van der Waals surface area contributed by atoms with E-state index in [0.29, 0.717) is 10.6 Å². The summed E-state index contributed by atoms with van der Waals surface area (Å²) in [6, 6.07) is 6.34. The summed E-state index contributed by atoms with van der Waals surface area (Å²) in [7, 11) is 3.65. The second-order valence-corrected chi connectivity index (χ2v) is 4.66. The van der Waals surface area contributed by atoms with Crippen molar-refractivity contribution < 1.29 is 4.39 Å². The lowest BCUT2D eigenvalue weighted by Crippen LogP contribution is -2.19. The van der Waals surface area contributed by atoms with Crippen LogP contribution < -0.4 is 5.32 Å². The molecule has 18 heavy (non-hydrogen) atoms. The first-order valence-electron chi connectivity index (χ1n) is 5.65. The molecule has 1 N–H and O–H groups in total. The molecule has 0 aliphatic rings. The largest absolute Gasteiger partial charge is 0.308 e. The summed E-state index contributed by atoms with van der Waals surface area (Å²) in [6.07, 6.45) is 0. The molecule has 1 atom stereocenters. The van der Waals surface area contributed by atoms with Crippen LogP contribution in [0.2, 0.25) is 5.02 Å². The predicted octanol–water partition coefficient (Wildman–Crippen LogP) is 2.83. The Morgan fingerprint density at radius 2 is 2.11 bits per heavy atom. The van der Waals surface area contributed by atoms with Crippen LogP contribution in [0.25, 0.3) is 0 Å². The molecule has 1 unspecified atom stereocenters. The zero-order valence-electron chi connectivity index (χ0n) is 10.5. The second kappa shape index (κ2) is 5.08. The minimum atomic E-state index is -0.329. The van der Waals surface area contributed by atoms with E-state index in [1.165, 1.54) is 6.07 Å². The average molecular weight is 268 g/mol. The van der Waals surface area contributed by atoms with Crippen LogP contribution in [-0.2, 0) is 7.05 Å². The zero-order chi connectivity index (χ0) is 13.3. The number of nitrogens with zero attached hydrogens (tertiary/aromatic N) is 2. The van der Waals surface area contributed by atoms with Crippen LogP contribution in [-0.4, -0.2) is 16.8 Å². The van der Waals surface area contributed by atoms with Crippen molar-refractivity contribution in [3.8, 4) is 0 Å². The van der Waals surface area contributed by atoms with E-state index >= 15 is 0 Å². The Balaban J connectivity index is 2.45. The van der Waals surface area contributed by atoms with Gasteiger partial charge in [0.25, 0.3) is 0 Å². The molecule has 0 bridgehead atoms. The smallest absolute Gasteiger partial charge is 0.129 e. The molecular weight excluding hydrogens is 253 g/mol. The quantitative estimate of drug-likeness (QED) is 0.927. The number of rotatable bonds is 3. The van der Waals surface area contributed by atoms with Crippen LogP contribution in [0.5, 0.6) is 0 Å². The topological polar surface area (TPSA) is 29.9 Å². The van der Waals surface area contributed by atoms with Crippen LogP contribution in [0.4, 0.5) is 4.39 Å². The van der Waals surface area contributed by atoms with Crippen molar-refractivity contribution in [3.05, 3.63) is 52.1 Å². The Morgan fingerprint density at radius 1 is 1.39 bits per heavy atom. The number of nitrogens with one attached hydrogen (secondary N) is 1. The van der Waals surface area contributed by atoms with E-state index in [9.17, 15) is 4.39 Å². The number of halogens is 2. The van der Waals surface area contributed by atoms with Gasteiger partial charge in [0.05, 0.1) is 11.7 Å². The highest BCUT2D eigenvalue weighted by Crippen LogP contribution is 2.25. The molecule has 0 fully saturated rings. The lowest BCUT2D eigenvalue weighted by atomic mass is 10.0. The molecule has 1 aromatic heterocycles. The number of hydrogen-bond acceptors (Lipinski definition) is 2. The van der Waals surface area contributed by atoms with Crippen molar-refractivity contribution in [2.24, 2.45) is 7.05 Å². The predicted molar refractivity (Wildman–Crippen MR) is 70.3 cm³/mol. The van der Waals surface area contributed by atoms with Crippen molar-refractivity contribution in [2.45, 2.75) is 13.0 Å². The number of hydrogen-bond donors (Lipinski definition) is 1. The molecule has 0 aliphatic heterocycles. The molecule has 5 heteroatoms. The fraction of sp³-hybridized carbons (Fsp3) is 0.308. The Bertz CT molecular complexity index is 546. The normalized spacial score (nSPS) is 12.7. The molecule has 0 saturated heterocycles. The van der Waals surface area contributed by atoms with Crippen LogP contribution in [0.3, 0.4) is 0 Å². The first kappa shape index (κ1) is 13.1. The van der Waals surface area contributed by atoms with Crippen molar-refractivity contribution in [3.63, 3.8) is 0 Å². The molecule has 3 nitrogen and oxygen atoms in total. The number of benzene rings is 1. The number of aromatic nitrogens is 2. The van der Waals surface area contributed by atoms with Crippen LogP contribution in [0, 0.1) is 12.7 Å². The maximum absolute atomic E-state index is 13.9. The molecule has 0 radical (unpaired) electrons. The summed E-state index contributed by atoms with van der Waals surface area (Å²) in [6.45, 7) is 1.96. The van der Waals surface area contributed by atoms with E-state index in [1.54, 1.807) is 23.9 Å². The van der Waals surface area contributed by atoms with Gasteiger partial charge in [0.1, 0.15) is 5.82 Å². The summed E-state index contributed by atoms with van der Waals surface area (Å²) in [5, 5.41) is 7.84. The van der Waals surface area contributed by atoms with Gasteiger partial charge < -0.3 is 5.32 Å². The fourth-order valence-electron chi connectivity index (χ4n) is 1.93. The van der Waals surface area contributed by atoms with Crippen molar-refractivity contribution in [1.29, 1.82) is 0 Å². The van der Waals surface area contributed by atoms with Gasteiger partial charge in [-0.2, -0.15) is 5.10 Å². The Morgan fingerprint density at radius 3 is 2.61 bits per heavy atom. The molecule has 0 saturated carbocycles. The molecule has 96 valence electrons. The number of aryl methyl sites for hydroxylation is 2. The summed E-state index contributed by atoms with van der Waals surface area (Å²) >= 11 is 5.76. The van der Waals surface area contributed by atoms with E-state index in [4.69, 9.17) is 11.6 Å². The van der Waals surface area contributed by atoms with E-state index in [0.717, 1.165) is 11.4 Å². The summed E-state index contributed by atoms with van der Waals surface area (Å²) in [4.78, 5) is 0. The SMILES string of the molecule is CNC(c1cc(C)n(C)n1)c1ccc(Cl)cc1F. The van der Waals surface area contributed by atoms with E-state index in [1.807, 2.05) is 20.0 Å². The monoisotopic (exact) mass is 267 g/mol. The van der Waals surface area contributed by atoms with E-state index in [-0.39, 0.29) is 11.9 Å². The third-order valence-electron chi connectivity index (χ3n) is 2.99. The Kier molecular flexibility index (Phi) is 3.68. The van der Waals surface area contributed by atoms with Crippen molar-refractivity contribution in [1.82, 2.24) is 15.1 Å². The molecule has 0 amide bonds. The Hall–Kier alpha value is -1.39. The molecule has 1 heterocycles. The molecule has 0 spiro atoms. The summed E-state index contributed by atoms with van der Waals surface area (Å²) in [5.74, 6) is -0.329. The van der Waals surface area contributed by atoms with E-state index < -0.39 is 0 Å². The van der Waals surface area contributed by atoms with Gasteiger partial charge in [-0.3, -0.25) is 4.68 Å². The minimum Gasteiger partial charge on any atom is -0.308 e. The van der Waals surface area contributed by atoms with Crippen molar-refractivity contribution in [2.75, 3.05) is 7.05 Å². The third-order valence-corrected chi connectivity index (χ3v) is 3.23. The minimum absolute atomic E-state index is 0.276. The summed E-state index contributed by atoms with van der Waals surface area (Å²) < 4.78 is 15.7. The lowest BCUT2D eigenvalue weighted by Gasteiger charge is -2.15. The first-order chi connectivity index (χ1) is 8.52. The van der Waals surface area contributed by atoms with Gasteiger partial charge in [-0.25, -0.2) is 4.39 Å². The average Bonchev–Trinajstić information content (AvgIpc) is 2.63.